The summed E-state index contributed by atoms with van der Waals surface area (Å²) in [6.07, 6.45) is -3.83. The zero-order valence-electron chi connectivity index (χ0n) is 16.4. The number of nitrogens with zero attached hydrogens (tertiary/aromatic N) is 2. The minimum absolute atomic E-state index is 0.181. The van der Waals surface area contributed by atoms with Crippen LogP contribution in [0.25, 0.3) is 0 Å². The molecule has 1 saturated heterocycles. The Hall–Kier alpha value is -2.84. The highest BCUT2D eigenvalue weighted by atomic mass is 16.7. The number of ether oxygens (including phenoxy) is 1. The maximum Gasteiger partial charge on any atom is 0.353 e. The first-order chi connectivity index (χ1) is 13.6. The minimum Gasteiger partial charge on any atom is -0.382 e. The van der Waals surface area contributed by atoms with Crippen molar-refractivity contribution in [2.75, 3.05) is 5.32 Å². The molecule has 30 heavy (non-hydrogen) atoms. The molecule has 1 aromatic rings. The molecule has 164 valence electrons. The van der Waals surface area contributed by atoms with Crippen molar-refractivity contribution in [2.45, 2.75) is 57.0 Å². The first-order valence-corrected chi connectivity index (χ1v) is 8.57. The summed E-state index contributed by atoms with van der Waals surface area (Å²) in [6, 6.07) is 0.992. The number of hydrogen-bond acceptors (Lipinski definition) is 11. The average molecular weight is 427 g/mol. The highest BCUT2D eigenvalue weighted by Crippen LogP contribution is 2.50. The van der Waals surface area contributed by atoms with Gasteiger partial charge in [-0.1, -0.05) is 0 Å². The number of carbonyl (C=O) groups excluding carboxylic acids is 4. The summed E-state index contributed by atoms with van der Waals surface area (Å²) < 4.78 is 5.27. The maximum absolute atomic E-state index is 12.5. The van der Waals surface area contributed by atoms with Gasteiger partial charge in [0.15, 0.2) is 23.0 Å². The standard InChI is InChI=1S/C17H21N3O10/c1-7(21)12(25)13-15(27,8(2)22)16(28,9(3)23)17(29,30-13)20-6-5-11(18-10(4)24)19-14(20)26/h5-6,12-13,25,27-29H,1-4H3,(H,18,19,24,26)/t12?,13-,15-,16-,17+/m0/s1. The van der Waals surface area contributed by atoms with E-state index in [-0.39, 0.29) is 10.4 Å². The van der Waals surface area contributed by atoms with Gasteiger partial charge in [-0.15, -0.1) is 0 Å². The van der Waals surface area contributed by atoms with Gasteiger partial charge in [-0.25, -0.2) is 9.36 Å². The van der Waals surface area contributed by atoms with E-state index in [4.69, 9.17) is 4.74 Å². The van der Waals surface area contributed by atoms with Gasteiger partial charge < -0.3 is 30.5 Å². The van der Waals surface area contributed by atoms with Crippen LogP contribution in [0.5, 0.6) is 0 Å². The van der Waals surface area contributed by atoms with E-state index in [0.29, 0.717) is 6.92 Å². The van der Waals surface area contributed by atoms with Gasteiger partial charge in [-0.2, -0.15) is 4.98 Å². The van der Waals surface area contributed by atoms with Crippen LogP contribution in [0.3, 0.4) is 0 Å². The smallest absolute Gasteiger partial charge is 0.353 e. The molecule has 2 heterocycles. The van der Waals surface area contributed by atoms with Crippen LogP contribution < -0.4 is 11.0 Å². The quantitative estimate of drug-likeness (QED) is 0.305. The number of ketones is 3. The molecule has 0 bridgehead atoms. The molecule has 1 amide bonds. The second-order valence-electron chi connectivity index (χ2n) is 6.94. The molecule has 13 heteroatoms. The molecule has 1 fully saturated rings. The third-order valence-electron chi connectivity index (χ3n) is 4.91. The number of amides is 1. The Kier molecular flexibility index (Phi) is 5.82. The molecule has 0 saturated carbocycles. The molecule has 1 aliphatic rings. The van der Waals surface area contributed by atoms with Gasteiger partial charge in [0.2, 0.25) is 11.5 Å². The van der Waals surface area contributed by atoms with Gasteiger partial charge in [0, 0.05) is 13.1 Å². The van der Waals surface area contributed by atoms with Gasteiger partial charge in [0.1, 0.15) is 18.0 Å². The molecule has 0 aromatic carbocycles. The Balaban J connectivity index is 2.81. The number of Topliss-reactive ketones (excluding diaryl/α,β-unsaturated/α-hetero) is 3. The van der Waals surface area contributed by atoms with Crippen LogP contribution in [0.4, 0.5) is 5.82 Å². The molecule has 13 nitrogen and oxygen atoms in total. The Bertz CT molecular complexity index is 990. The Morgan fingerprint density at radius 1 is 1.13 bits per heavy atom. The van der Waals surface area contributed by atoms with Crippen molar-refractivity contribution in [1.29, 1.82) is 0 Å². The van der Waals surface area contributed by atoms with Crippen molar-refractivity contribution >= 4 is 29.1 Å². The van der Waals surface area contributed by atoms with Crippen molar-refractivity contribution in [3.05, 3.63) is 22.7 Å². The minimum atomic E-state index is -3.53. The number of nitrogens with one attached hydrogen (secondary N) is 1. The van der Waals surface area contributed by atoms with E-state index in [1.807, 2.05) is 0 Å². The largest absolute Gasteiger partial charge is 0.382 e. The SMILES string of the molecule is CC(=O)Nc1ccn([C@]2(O)O[C@@H](C(O)C(C)=O)[C@@](O)(C(C)=O)[C@@]2(O)C(C)=O)c(=O)n1. The van der Waals surface area contributed by atoms with Gasteiger partial charge in [-0.3, -0.25) is 19.2 Å². The van der Waals surface area contributed by atoms with E-state index in [1.165, 1.54) is 0 Å². The van der Waals surface area contributed by atoms with Gasteiger partial charge in [0.25, 0.3) is 5.91 Å². The van der Waals surface area contributed by atoms with Crippen LogP contribution in [0.1, 0.15) is 27.7 Å². The molecular weight excluding hydrogens is 406 g/mol. The second-order valence-corrected chi connectivity index (χ2v) is 6.94. The predicted octanol–water partition coefficient (Wildman–Crippen LogP) is -3.21. The van der Waals surface area contributed by atoms with Crippen LogP contribution in [0.15, 0.2) is 17.1 Å². The fourth-order valence-electron chi connectivity index (χ4n) is 3.38. The molecule has 5 atom stereocenters. The lowest BCUT2D eigenvalue weighted by Crippen LogP contribution is -2.72. The Morgan fingerprint density at radius 3 is 2.10 bits per heavy atom. The summed E-state index contributed by atoms with van der Waals surface area (Å²) in [5.74, 6) is -8.07. The molecule has 0 radical (unpaired) electrons. The lowest BCUT2D eigenvalue weighted by molar-refractivity contribution is -0.318. The normalized spacial score (nSPS) is 31.8. The third-order valence-corrected chi connectivity index (χ3v) is 4.91. The van der Waals surface area contributed by atoms with Crippen molar-refractivity contribution in [3.8, 4) is 0 Å². The van der Waals surface area contributed by atoms with Crippen LogP contribution in [0, 0.1) is 0 Å². The molecule has 5 N–H and O–H groups in total. The highest BCUT2D eigenvalue weighted by molar-refractivity contribution is 6.00. The van der Waals surface area contributed by atoms with Crippen molar-refractivity contribution in [3.63, 3.8) is 0 Å². The van der Waals surface area contributed by atoms with Gasteiger partial charge in [0.05, 0.1) is 0 Å². The van der Waals surface area contributed by atoms with E-state index in [1.54, 1.807) is 0 Å². The molecule has 2 rings (SSSR count). The number of aliphatic hydroxyl groups is 4. The Labute approximate surface area is 168 Å². The van der Waals surface area contributed by atoms with E-state index >= 15 is 0 Å². The number of carbonyl (C=O) groups is 4. The third kappa shape index (κ3) is 3.07. The molecule has 0 aliphatic carbocycles. The Morgan fingerprint density at radius 2 is 1.70 bits per heavy atom. The van der Waals surface area contributed by atoms with E-state index in [0.717, 1.165) is 33.0 Å². The summed E-state index contributed by atoms with van der Waals surface area (Å²) in [7, 11) is 0. The van der Waals surface area contributed by atoms with Crippen LogP contribution in [0.2, 0.25) is 0 Å². The number of aliphatic hydroxyl groups excluding tert-OH is 1. The fourth-order valence-corrected chi connectivity index (χ4v) is 3.38. The zero-order chi connectivity index (χ0) is 23.2. The van der Waals surface area contributed by atoms with Crippen LogP contribution in [-0.4, -0.2) is 76.6 Å². The van der Waals surface area contributed by atoms with Crippen molar-refractivity contribution < 1.29 is 44.3 Å². The summed E-state index contributed by atoms with van der Waals surface area (Å²) in [6.45, 7) is 3.42. The van der Waals surface area contributed by atoms with Crippen LogP contribution in [-0.2, 0) is 29.8 Å². The number of aromatic nitrogens is 2. The average Bonchev–Trinajstić information content (AvgIpc) is 2.81. The first kappa shape index (κ1) is 23.4. The summed E-state index contributed by atoms with van der Waals surface area (Å²) in [5.41, 5.74) is -8.23. The summed E-state index contributed by atoms with van der Waals surface area (Å²) in [4.78, 5) is 63.3. The molecule has 1 unspecified atom stereocenters. The molecule has 1 aromatic heterocycles. The zero-order valence-corrected chi connectivity index (χ0v) is 16.4. The van der Waals surface area contributed by atoms with E-state index in [2.05, 4.69) is 10.3 Å². The molecule has 1 aliphatic heterocycles. The van der Waals surface area contributed by atoms with E-state index in [9.17, 15) is 44.4 Å². The van der Waals surface area contributed by atoms with Crippen molar-refractivity contribution in [1.82, 2.24) is 9.55 Å². The van der Waals surface area contributed by atoms with Gasteiger partial charge >= 0.3 is 5.69 Å². The lowest BCUT2D eigenvalue weighted by Gasteiger charge is -2.40. The highest BCUT2D eigenvalue weighted by Gasteiger charge is 2.80. The fraction of sp³-hybridized carbons (Fsp3) is 0.529. The topological polar surface area (TPSA) is 205 Å². The number of rotatable bonds is 6. The van der Waals surface area contributed by atoms with E-state index < -0.39 is 58.3 Å². The monoisotopic (exact) mass is 427 g/mol. The maximum atomic E-state index is 12.5. The molecular formula is C17H21N3O10. The number of anilines is 1. The summed E-state index contributed by atoms with van der Waals surface area (Å²) in [5, 5.41) is 45.5. The lowest BCUT2D eigenvalue weighted by atomic mass is 9.72. The molecule has 0 spiro atoms. The summed E-state index contributed by atoms with van der Waals surface area (Å²) >= 11 is 0. The van der Waals surface area contributed by atoms with Gasteiger partial charge in [-0.05, 0) is 26.8 Å². The number of hydrogen-bond donors (Lipinski definition) is 5. The first-order valence-electron chi connectivity index (χ1n) is 8.57. The second kappa shape index (κ2) is 7.45. The van der Waals surface area contributed by atoms with Crippen molar-refractivity contribution in [2.24, 2.45) is 0 Å². The van der Waals surface area contributed by atoms with Crippen LogP contribution >= 0.6 is 0 Å². The predicted molar refractivity (Wildman–Crippen MR) is 95.8 cm³/mol.